The van der Waals surface area contributed by atoms with Crippen molar-refractivity contribution < 1.29 is 9.21 Å². The molecule has 1 heterocycles. The van der Waals surface area contributed by atoms with E-state index in [1.165, 1.54) is 6.92 Å². The van der Waals surface area contributed by atoms with Crippen molar-refractivity contribution in [2.24, 2.45) is 0 Å². The van der Waals surface area contributed by atoms with Gasteiger partial charge in [0.1, 0.15) is 0 Å². The van der Waals surface area contributed by atoms with E-state index in [1.807, 2.05) is 0 Å². The predicted molar refractivity (Wildman–Crippen MR) is 61.0 cm³/mol. The minimum absolute atomic E-state index is 0.129. The van der Waals surface area contributed by atoms with Crippen molar-refractivity contribution in [3.63, 3.8) is 0 Å². The fourth-order valence-electron chi connectivity index (χ4n) is 1.61. The molecule has 15 heavy (non-hydrogen) atoms. The second-order valence-corrected chi connectivity index (χ2v) is 4.16. The number of aryl methyl sites for hydroxylation is 1. The van der Waals surface area contributed by atoms with E-state index in [0.717, 1.165) is 10.9 Å². The van der Waals surface area contributed by atoms with Crippen molar-refractivity contribution in [3.8, 4) is 0 Å². The zero-order valence-electron chi connectivity index (χ0n) is 8.23. The summed E-state index contributed by atoms with van der Waals surface area (Å²) in [5.41, 5.74) is 1.22. The van der Waals surface area contributed by atoms with Gasteiger partial charge in [-0.15, -0.1) is 0 Å². The van der Waals surface area contributed by atoms with Gasteiger partial charge in [-0.2, -0.15) is 0 Å². The van der Waals surface area contributed by atoms with Gasteiger partial charge in [-0.3, -0.25) is 4.79 Å². The normalized spacial score (nSPS) is 10.9. The van der Waals surface area contributed by atoms with Crippen molar-refractivity contribution in [2.75, 3.05) is 0 Å². The van der Waals surface area contributed by atoms with E-state index in [2.05, 4.69) is 0 Å². The number of rotatable bonds is 1. The molecule has 0 fully saturated rings. The molecule has 78 valence electrons. The van der Waals surface area contributed by atoms with Crippen LogP contribution in [-0.4, -0.2) is 5.78 Å². The van der Waals surface area contributed by atoms with E-state index in [0.29, 0.717) is 21.4 Å². The number of carbonyl (C=O) groups is 1. The van der Waals surface area contributed by atoms with E-state index in [9.17, 15) is 4.79 Å². The lowest BCUT2D eigenvalue weighted by Gasteiger charge is -1.95. The van der Waals surface area contributed by atoms with Crippen LogP contribution in [0.1, 0.15) is 23.0 Å². The minimum atomic E-state index is -0.129. The van der Waals surface area contributed by atoms with Gasteiger partial charge in [0, 0.05) is 17.9 Å². The number of fused-ring (bicyclic) bond motifs is 1. The number of furan rings is 1. The van der Waals surface area contributed by atoms with Gasteiger partial charge in [-0.1, -0.05) is 23.2 Å². The summed E-state index contributed by atoms with van der Waals surface area (Å²) in [5, 5.41) is 1.72. The molecule has 0 aliphatic rings. The first-order chi connectivity index (χ1) is 7.02. The van der Waals surface area contributed by atoms with Crippen LogP contribution in [0, 0.1) is 6.92 Å². The monoisotopic (exact) mass is 242 g/mol. The first-order valence-electron chi connectivity index (χ1n) is 4.40. The van der Waals surface area contributed by atoms with E-state index in [4.69, 9.17) is 27.6 Å². The van der Waals surface area contributed by atoms with Gasteiger partial charge in [0.15, 0.2) is 17.1 Å². The summed E-state index contributed by atoms with van der Waals surface area (Å²) in [6.45, 7) is 3.25. The summed E-state index contributed by atoms with van der Waals surface area (Å²) in [6.07, 6.45) is 0. The third-order valence-corrected chi connectivity index (χ3v) is 2.91. The molecule has 0 saturated carbocycles. The lowest BCUT2D eigenvalue weighted by atomic mass is 10.1. The summed E-state index contributed by atoms with van der Waals surface area (Å²) in [5.74, 6) is 0.191. The molecule has 2 nitrogen and oxygen atoms in total. The van der Waals surface area contributed by atoms with Gasteiger partial charge in [-0.25, -0.2) is 0 Å². The Morgan fingerprint density at radius 3 is 2.40 bits per heavy atom. The lowest BCUT2D eigenvalue weighted by Crippen LogP contribution is -1.90. The Balaban J connectivity index is 2.93. The molecule has 2 rings (SSSR count). The molecular formula is C11H8Cl2O2. The maximum atomic E-state index is 11.3. The quantitative estimate of drug-likeness (QED) is 0.700. The number of Topliss-reactive ketones (excluding diaryl/α,β-unsaturated/α-hetero) is 1. The average Bonchev–Trinajstić information content (AvgIpc) is 2.51. The number of carbonyl (C=O) groups excluding carboxylic acids is 1. The van der Waals surface area contributed by atoms with Gasteiger partial charge in [0.25, 0.3) is 0 Å². The molecule has 0 saturated heterocycles. The van der Waals surface area contributed by atoms with Crippen LogP contribution in [0.2, 0.25) is 10.0 Å². The Hall–Kier alpha value is -0.990. The lowest BCUT2D eigenvalue weighted by molar-refractivity contribution is 0.0988. The maximum absolute atomic E-state index is 11.3. The highest BCUT2D eigenvalue weighted by Crippen LogP contribution is 2.35. The Kier molecular flexibility index (Phi) is 2.49. The van der Waals surface area contributed by atoms with E-state index in [-0.39, 0.29) is 5.78 Å². The number of halogens is 2. The fourth-order valence-corrected chi connectivity index (χ4v) is 2.10. The van der Waals surface area contributed by atoms with Crippen LogP contribution in [0.15, 0.2) is 16.5 Å². The Bertz CT molecular complexity index is 555. The largest absolute Gasteiger partial charge is 0.451 e. The van der Waals surface area contributed by atoms with Crippen molar-refractivity contribution in [1.82, 2.24) is 0 Å². The highest BCUT2D eigenvalue weighted by Gasteiger charge is 2.18. The Morgan fingerprint density at radius 1 is 1.27 bits per heavy atom. The van der Waals surface area contributed by atoms with Gasteiger partial charge in [-0.05, 0) is 19.1 Å². The summed E-state index contributed by atoms with van der Waals surface area (Å²) in [6, 6.07) is 3.34. The number of hydrogen-bond donors (Lipinski definition) is 0. The molecule has 0 spiro atoms. The van der Waals surface area contributed by atoms with E-state index >= 15 is 0 Å². The third-order valence-electron chi connectivity index (χ3n) is 2.30. The zero-order valence-corrected chi connectivity index (χ0v) is 9.74. The van der Waals surface area contributed by atoms with Crippen LogP contribution in [-0.2, 0) is 0 Å². The van der Waals surface area contributed by atoms with Gasteiger partial charge in [0.2, 0.25) is 0 Å². The highest BCUT2D eigenvalue weighted by atomic mass is 35.5. The first kappa shape index (κ1) is 10.5. The number of benzene rings is 1. The predicted octanol–water partition coefficient (Wildman–Crippen LogP) is 4.25. The molecule has 1 aromatic carbocycles. The summed E-state index contributed by atoms with van der Waals surface area (Å²) in [7, 11) is 0. The summed E-state index contributed by atoms with van der Waals surface area (Å²) >= 11 is 12.0. The molecule has 0 unspecified atom stereocenters. The van der Waals surface area contributed by atoms with Crippen LogP contribution in [0.3, 0.4) is 0 Å². The molecule has 0 aliphatic heterocycles. The standard InChI is InChI=1S/C11H8Cl2O2/c1-5-9-7(12)3-4-8(13)11(9)15-10(5)6(2)14/h3-4H,1-2H3. The zero-order chi connectivity index (χ0) is 11.2. The first-order valence-corrected chi connectivity index (χ1v) is 5.16. The Morgan fingerprint density at radius 2 is 1.87 bits per heavy atom. The SMILES string of the molecule is CC(=O)c1oc2c(Cl)ccc(Cl)c2c1C. The molecule has 2 aromatic rings. The topological polar surface area (TPSA) is 30.2 Å². The van der Waals surface area contributed by atoms with Gasteiger partial charge < -0.3 is 4.42 Å². The van der Waals surface area contributed by atoms with Crippen molar-refractivity contribution >= 4 is 40.0 Å². The molecule has 0 bridgehead atoms. The maximum Gasteiger partial charge on any atom is 0.195 e. The second kappa shape index (κ2) is 3.54. The van der Waals surface area contributed by atoms with Crippen molar-refractivity contribution in [3.05, 3.63) is 33.5 Å². The minimum Gasteiger partial charge on any atom is -0.451 e. The van der Waals surface area contributed by atoms with Gasteiger partial charge in [0.05, 0.1) is 10.0 Å². The van der Waals surface area contributed by atoms with Crippen LogP contribution in [0.4, 0.5) is 0 Å². The van der Waals surface area contributed by atoms with Crippen molar-refractivity contribution in [1.29, 1.82) is 0 Å². The van der Waals surface area contributed by atoms with E-state index in [1.54, 1.807) is 19.1 Å². The average molecular weight is 243 g/mol. The van der Waals surface area contributed by atoms with Crippen LogP contribution >= 0.6 is 23.2 Å². The summed E-state index contributed by atoms with van der Waals surface area (Å²) < 4.78 is 5.41. The van der Waals surface area contributed by atoms with E-state index < -0.39 is 0 Å². The van der Waals surface area contributed by atoms with Crippen LogP contribution < -0.4 is 0 Å². The fraction of sp³-hybridized carbons (Fsp3) is 0.182. The van der Waals surface area contributed by atoms with Crippen LogP contribution in [0.25, 0.3) is 11.0 Å². The molecule has 0 radical (unpaired) electrons. The number of ketones is 1. The molecular weight excluding hydrogens is 235 g/mol. The molecule has 4 heteroatoms. The van der Waals surface area contributed by atoms with Crippen LogP contribution in [0.5, 0.6) is 0 Å². The molecule has 1 aromatic heterocycles. The Labute approximate surface area is 96.8 Å². The molecule has 0 atom stereocenters. The second-order valence-electron chi connectivity index (χ2n) is 3.35. The molecule has 0 aliphatic carbocycles. The molecule has 0 amide bonds. The number of hydrogen-bond acceptors (Lipinski definition) is 2. The smallest absolute Gasteiger partial charge is 0.195 e. The van der Waals surface area contributed by atoms with Gasteiger partial charge >= 0.3 is 0 Å². The highest BCUT2D eigenvalue weighted by molar-refractivity contribution is 6.40. The third kappa shape index (κ3) is 1.54. The summed E-state index contributed by atoms with van der Waals surface area (Å²) in [4.78, 5) is 11.3. The molecule has 0 N–H and O–H groups in total. The van der Waals surface area contributed by atoms with Crippen molar-refractivity contribution in [2.45, 2.75) is 13.8 Å².